The van der Waals surface area contributed by atoms with Gasteiger partial charge < -0.3 is 14.6 Å². The van der Waals surface area contributed by atoms with Gasteiger partial charge in [-0.1, -0.05) is 18.2 Å². The number of para-hydroxylation sites is 1. The number of aromatic amines is 1. The maximum atomic E-state index is 14.5. The number of H-pyrrole nitrogens is 1. The Kier molecular flexibility index (Phi) is 4.93. The van der Waals surface area contributed by atoms with E-state index < -0.39 is 11.4 Å². The molecule has 12 heteroatoms. The minimum absolute atomic E-state index is 0.0969. The van der Waals surface area contributed by atoms with Crippen molar-refractivity contribution < 1.29 is 9.13 Å². The number of ether oxygens (including phenoxy) is 1. The Morgan fingerprint density at radius 3 is 2.63 bits per heavy atom. The molecule has 1 aliphatic rings. The van der Waals surface area contributed by atoms with Crippen LogP contribution in [0.25, 0.3) is 33.4 Å². The number of nitrogens with one attached hydrogen (secondary N) is 1. The lowest BCUT2D eigenvalue weighted by atomic mass is 10.00. The summed E-state index contributed by atoms with van der Waals surface area (Å²) in [5.41, 5.74) is 2.30. The van der Waals surface area contributed by atoms with Gasteiger partial charge in [0.2, 0.25) is 0 Å². The molecule has 1 N–H and O–H groups in total. The summed E-state index contributed by atoms with van der Waals surface area (Å²) in [4.78, 5) is 36.4. The molecule has 1 fully saturated rings. The molecule has 1 atom stereocenters. The number of hydrogen-bond acceptors (Lipinski definition) is 8. The van der Waals surface area contributed by atoms with Crippen LogP contribution in [-0.2, 0) is 0 Å². The van der Waals surface area contributed by atoms with Gasteiger partial charge in [0.15, 0.2) is 17.2 Å². The summed E-state index contributed by atoms with van der Waals surface area (Å²) in [6.07, 6.45) is 8.90. The Morgan fingerprint density at radius 1 is 1.08 bits per heavy atom. The largest absolute Gasteiger partial charge is 0.467 e. The standard InChI is InChI=1S/C26H20FN9O2/c1-38-26-29-11-15(12-30-26)17-13-28-22-20(17)24(32-14-31-22)34-9-8-19(34)23-33-35-10-7-18(27)21(35)25(37)36(23)16-5-3-2-4-6-16/h2-7,10-14,19H,8-9H2,1H3,(H,28,31,32)/t19-/m0/s1. The zero-order valence-electron chi connectivity index (χ0n) is 20.1. The van der Waals surface area contributed by atoms with E-state index >= 15 is 0 Å². The maximum absolute atomic E-state index is 14.5. The molecule has 1 saturated heterocycles. The Bertz CT molecular complexity index is 1860. The molecule has 6 aromatic rings. The predicted octanol–water partition coefficient (Wildman–Crippen LogP) is 3.31. The second kappa shape index (κ2) is 8.47. The van der Waals surface area contributed by atoms with Crippen molar-refractivity contribution in [2.24, 2.45) is 0 Å². The summed E-state index contributed by atoms with van der Waals surface area (Å²) < 4.78 is 22.4. The van der Waals surface area contributed by atoms with Crippen LogP contribution in [0.3, 0.4) is 0 Å². The summed E-state index contributed by atoms with van der Waals surface area (Å²) in [6, 6.07) is 10.4. The smallest absolute Gasteiger partial charge is 0.316 e. The number of hydrogen-bond donors (Lipinski definition) is 1. The van der Waals surface area contributed by atoms with Gasteiger partial charge in [-0.2, -0.15) is 5.10 Å². The average molecular weight is 510 g/mol. The topological polar surface area (TPSA) is 119 Å². The van der Waals surface area contributed by atoms with Crippen molar-refractivity contribution in [1.29, 1.82) is 0 Å². The van der Waals surface area contributed by atoms with Crippen LogP contribution in [0.15, 0.2) is 72.3 Å². The molecular weight excluding hydrogens is 489 g/mol. The molecule has 0 aliphatic carbocycles. The number of fused-ring (bicyclic) bond motifs is 2. The normalized spacial score (nSPS) is 15.2. The van der Waals surface area contributed by atoms with E-state index in [1.54, 1.807) is 12.4 Å². The number of benzene rings is 1. The highest BCUT2D eigenvalue weighted by Crippen LogP contribution is 2.41. The SMILES string of the molecule is COc1ncc(-c2c[nH]c3ncnc(N4CC[C@H]4c4nn5ccc(F)c5c(=O)n4-c4ccccc4)c23)cn1. The highest BCUT2D eigenvalue weighted by atomic mass is 19.1. The van der Waals surface area contributed by atoms with Crippen LogP contribution in [0, 0.1) is 5.82 Å². The first-order valence-corrected chi connectivity index (χ1v) is 11.9. The minimum atomic E-state index is -0.611. The summed E-state index contributed by atoms with van der Waals surface area (Å²) in [7, 11) is 1.51. The Hall–Kier alpha value is -5.13. The van der Waals surface area contributed by atoms with Crippen molar-refractivity contribution in [3.05, 3.63) is 89.5 Å². The van der Waals surface area contributed by atoms with E-state index in [1.165, 1.54) is 34.8 Å². The molecule has 1 aliphatic heterocycles. The molecule has 11 nitrogen and oxygen atoms in total. The Balaban J connectivity index is 1.39. The van der Waals surface area contributed by atoms with Crippen molar-refractivity contribution in [3.63, 3.8) is 0 Å². The van der Waals surface area contributed by atoms with Gasteiger partial charge in [0.1, 0.15) is 17.8 Å². The lowest BCUT2D eigenvalue weighted by Crippen LogP contribution is -2.45. The zero-order valence-corrected chi connectivity index (χ0v) is 20.1. The quantitative estimate of drug-likeness (QED) is 0.376. The number of aromatic nitrogens is 8. The summed E-state index contributed by atoms with van der Waals surface area (Å²) in [5, 5.41) is 5.51. The fourth-order valence-electron chi connectivity index (χ4n) is 4.95. The van der Waals surface area contributed by atoms with Gasteiger partial charge in [0.05, 0.1) is 24.2 Å². The molecule has 0 amide bonds. The van der Waals surface area contributed by atoms with Gasteiger partial charge in [-0.3, -0.25) is 9.36 Å². The fourth-order valence-corrected chi connectivity index (χ4v) is 4.95. The lowest BCUT2D eigenvalue weighted by Gasteiger charge is -2.42. The molecule has 5 aromatic heterocycles. The van der Waals surface area contributed by atoms with E-state index in [9.17, 15) is 9.18 Å². The predicted molar refractivity (Wildman–Crippen MR) is 137 cm³/mol. The van der Waals surface area contributed by atoms with E-state index in [-0.39, 0.29) is 17.6 Å². The Labute approximate surface area is 214 Å². The molecule has 0 unspecified atom stereocenters. The van der Waals surface area contributed by atoms with Crippen molar-refractivity contribution in [2.45, 2.75) is 12.5 Å². The summed E-state index contributed by atoms with van der Waals surface area (Å²) >= 11 is 0. The van der Waals surface area contributed by atoms with Gasteiger partial charge in [0.25, 0.3) is 5.56 Å². The average Bonchev–Trinajstić information content (AvgIpc) is 3.53. The summed E-state index contributed by atoms with van der Waals surface area (Å²) in [6.45, 7) is 0.684. The zero-order chi connectivity index (χ0) is 25.8. The van der Waals surface area contributed by atoms with Gasteiger partial charge in [-0.15, -0.1) is 0 Å². The third kappa shape index (κ3) is 3.26. The van der Waals surface area contributed by atoms with Crippen LogP contribution in [0.5, 0.6) is 6.01 Å². The first-order chi connectivity index (χ1) is 18.6. The van der Waals surface area contributed by atoms with Gasteiger partial charge in [0, 0.05) is 42.5 Å². The third-order valence-electron chi connectivity index (χ3n) is 6.84. The molecule has 7 rings (SSSR count). The number of nitrogens with zero attached hydrogens (tertiary/aromatic N) is 8. The van der Waals surface area contributed by atoms with Crippen LogP contribution in [0.1, 0.15) is 18.3 Å². The van der Waals surface area contributed by atoms with Crippen molar-refractivity contribution >= 4 is 22.4 Å². The van der Waals surface area contributed by atoms with Crippen molar-refractivity contribution in [1.82, 2.24) is 39.1 Å². The van der Waals surface area contributed by atoms with E-state index in [4.69, 9.17) is 9.84 Å². The number of halogens is 1. The number of rotatable bonds is 5. The number of methoxy groups -OCH3 is 1. The molecule has 0 saturated carbocycles. The highest BCUT2D eigenvalue weighted by molar-refractivity contribution is 6.01. The molecule has 0 bridgehead atoms. The van der Waals surface area contributed by atoms with Crippen LogP contribution in [-0.4, -0.2) is 52.8 Å². The first kappa shape index (κ1) is 22.1. The second-order valence-corrected chi connectivity index (χ2v) is 8.87. The van der Waals surface area contributed by atoms with Gasteiger partial charge in [-0.05, 0) is 24.6 Å². The van der Waals surface area contributed by atoms with E-state index in [0.29, 0.717) is 29.5 Å². The number of anilines is 1. The molecule has 0 radical (unpaired) electrons. The molecule has 0 spiro atoms. The van der Waals surface area contributed by atoms with Crippen LogP contribution >= 0.6 is 0 Å². The second-order valence-electron chi connectivity index (χ2n) is 8.87. The molecule has 38 heavy (non-hydrogen) atoms. The first-order valence-electron chi connectivity index (χ1n) is 11.9. The highest BCUT2D eigenvalue weighted by Gasteiger charge is 2.37. The van der Waals surface area contributed by atoms with E-state index in [0.717, 1.165) is 22.9 Å². The van der Waals surface area contributed by atoms with Crippen LogP contribution < -0.4 is 15.2 Å². The minimum Gasteiger partial charge on any atom is -0.467 e. The third-order valence-corrected chi connectivity index (χ3v) is 6.84. The lowest BCUT2D eigenvalue weighted by molar-refractivity contribution is 0.380. The van der Waals surface area contributed by atoms with Crippen LogP contribution in [0.4, 0.5) is 10.2 Å². The molecule has 6 heterocycles. The van der Waals surface area contributed by atoms with Crippen molar-refractivity contribution in [3.8, 4) is 22.8 Å². The summed E-state index contributed by atoms with van der Waals surface area (Å²) in [5.74, 6) is 0.568. The fraction of sp³-hybridized carbons (Fsp3) is 0.154. The van der Waals surface area contributed by atoms with E-state index in [2.05, 4.69) is 29.8 Å². The van der Waals surface area contributed by atoms with Crippen LogP contribution in [0.2, 0.25) is 0 Å². The maximum Gasteiger partial charge on any atom is 0.316 e. The molecule has 188 valence electrons. The molecular formula is C26H20FN9O2. The Morgan fingerprint density at radius 2 is 1.89 bits per heavy atom. The monoisotopic (exact) mass is 509 g/mol. The van der Waals surface area contributed by atoms with Gasteiger partial charge in [-0.25, -0.2) is 28.8 Å². The molecule has 1 aromatic carbocycles. The van der Waals surface area contributed by atoms with Crippen molar-refractivity contribution in [2.75, 3.05) is 18.6 Å². The van der Waals surface area contributed by atoms with Gasteiger partial charge >= 0.3 is 6.01 Å². The van der Waals surface area contributed by atoms with E-state index in [1.807, 2.05) is 36.5 Å².